The molecule has 1 fully saturated rings. The molecule has 1 atom stereocenters. The second-order valence-electron chi connectivity index (χ2n) is 8.86. The van der Waals surface area contributed by atoms with Crippen molar-refractivity contribution in [2.45, 2.75) is 25.8 Å². The highest BCUT2D eigenvalue weighted by molar-refractivity contribution is 7.91. The molecule has 1 unspecified atom stereocenters. The Labute approximate surface area is 208 Å². The SMILES string of the molecule is Cc1nn(C2CCS(=O)(=O)C2)c(Cl)c1C=CC(=O)OCC(=O)c1ccc2c(c1)-c1ccccc1C2. The molecule has 0 N–H and O–H groups in total. The van der Waals surface area contributed by atoms with Crippen LogP contribution >= 0.6 is 11.6 Å². The van der Waals surface area contributed by atoms with Crippen LogP contribution in [0.15, 0.2) is 48.5 Å². The molecule has 5 rings (SSSR count). The van der Waals surface area contributed by atoms with Crippen LogP contribution < -0.4 is 0 Å². The Bertz CT molecular complexity index is 1490. The van der Waals surface area contributed by atoms with E-state index in [0.717, 1.165) is 17.5 Å². The number of ether oxygens (including phenoxy) is 1. The topological polar surface area (TPSA) is 95.3 Å². The first kappa shape index (κ1) is 23.5. The minimum Gasteiger partial charge on any atom is -0.454 e. The van der Waals surface area contributed by atoms with Gasteiger partial charge in [-0.1, -0.05) is 48.0 Å². The Balaban J connectivity index is 1.23. The number of fused-ring (bicyclic) bond motifs is 3. The van der Waals surface area contributed by atoms with E-state index >= 15 is 0 Å². The number of aryl methyl sites for hydroxylation is 1. The minimum absolute atomic E-state index is 0.00454. The summed E-state index contributed by atoms with van der Waals surface area (Å²) in [4.78, 5) is 24.9. The lowest BCUT2D eigenvalue weighted by Gasteiger charge is -2.09. The lowest BCUT2D eigenvalue weighted by Crippen LogP contribution is -2.13. The number of nitrogens with zero attached hydrogens (tertiary/aromatic N) is 2. The van der Waals surface area contributed by atoms with Crippen molar-refractivity contribution in [2.24, 2.45) is 0 Å². The monoisotopic (exact) mass is 510 g/mol. The molecule has 1 aliphatic heterocycles. The van der Waals surface area contributed by atoms with E-state index in [1.807, 2.05) is 30.3 Å². The van der Waals surface area contributed by atoms with E-state index in [1.54, 1.807) is 13.0 Å². The number of rotatable bonds is 6. The predicted molar refractivity (Wildman–Crippen MR) is 133 cm³/mol. The molecule has 1 saturated heterocycles. The van der Waals surface area contributed by atoms with Crippen LogP contribution in [0, 0.1) is 6.92 Å². The zero-order valence-electron chi connectivity index (χ0n) is 19.0. The lowest BCUT2D eigenvalue weighted by atomic mass is 10.0. The number of carbonyl (C=O) groups excluding carboxylic acids is 2. The van der Waals surface area contributed by atoms with Gasteiger partial charge in [0.25, 0.3) is 0 Å². The van der Waals surface area contributed by atoms with E-state index in [4.69, 9.17) is 16.3 Å². The van der Waals surface area contributed by atoms with Gasteiger partial charge in [0.2, 0.25) is 0 Å². The van der Waals surface area contributed by atoms with Crippen LogP contribution in [0.5, 0.6) is 0 Å². The van der Waals surface area contributed by atoms with Gasteiger partial charge in [-0.25, -0.2) is 17.9 Å². The third kappa shape index (κ3) is 4.68. The number of halogens is 1. The summed E-state index contributed by atoms with van der Waals surface area (Å²) in [6.07, 6.45) is 3.96. The van der Waals surface area contributed by atoms with E-state index in [1.165, 1.54) is 28.0 Å². The Morgan fingerprint density at radius 3 is 2.71 bits per heavy atom. The molecule has 7 nitrogen and oxygen atoms in total. The first-order valence-electron chi connectivity index (χ1n) is 11.3. The fourth-order valence-corrected chi connectivity index (χ4v) is 6.72. The fourth-order valence-electron chi connectivity index (χ4n) is 4.65. The molecule has 2 aromatic carbocycles. The molecule has 1 aromatic heterocycles. The molecule has 0 amide bonds. The summed E-state index contributed by atoms with van der Waals surface area (Å²) in [6, 6.07) is 13.3. The first-order valence-corrected chi connectivity index (χ1v) is 13.5. The molecule has 0 saturated carbocycles. The van der Waals surface area contributed by atoms with Gasteiger partial charge in [0, 0.05) is 17.2 Å². The quantitative estimate of drug-likeness (QED) is 0.219. The second kappa shape index (κ2) is 9.09. The number of aromatic nitrogens is 2. The van der Waals surface area contributed by atoms with Crippen molar-refractivity contribution in [3.05, 3.63) is 81.6 Å². The van der Waals surface area contributed by atoms with Crippen molar-refractivity contribution >= 4 is 39.3 Å². The molecule has 180 valence electrons. The Kier molecular flexibility index (Phi) is 6.11. The van der Waals surface area contributed by atoms with Crippen molar-refractivity contribution < 1.29 is 22.7 Å². The molecule has 35 heavy (non-hydrogen) atoms. The summed E-state index contributed by atoms with van der Waals surface area (Å²) < 4.78 is 30.2. The van der Waals surface area contributed by atoms with Crippen LogP contribution in [0.3, 0.4) is 0 Å². The predicted octanol–water partition coefficient (Wildman–Crippen LogP) is 4.22. The van der Waals surface area contributed by atoms with Gasteiger partial charge in [-0.2, -0.15) is 5.10 Å². The summed E-state index contributed by atoms with van der Waals surface area (Å²) in [5, 5.41) is 4.62. The van der Waals surface area contributed by atoms with Crippen LogP contribution in [-0.4, -0.2) is 48.1 Å². The molecule has 2 heterocycles. The number of hydrogen-bond donors (Lipinski definition) is 0. The van der Waals surface area contributed by atoms with E-state index in [9.17, 15) is 18.0 Å². The number of Topliss-reactive ketones (excluding diaryl/α,β-unsaturated/α-hetero) is 1. The average Bonchev–Trinajstić information content (AvgIpc) is 3.48. The fraction of sp³-hybridized carbons (Fsp3) is 0.269. The van der Waals surface area contributed by atoms with Gasteiger partial charge in [0.1, 0.15) is 5.15 Å². The number of hydrogen-bond acceptors (Lipinski definition) is 6. The van der Waals surface area contributed by atoms with E-state index in [-0.39, 0.29) is 35.1 Å². The lowest BCUT2D eigenvalue weighted by molar-refractivity contribution is -0.136. The Morgan fingerprint density at radius 1 is 1.17 bits per heavy atom. The highest BCUT2D eigenvalue weighted by Gasteiger charge is 2.31. The molecule has 0 radical (unpaired) electrons. The maximum atomic E-state index is 12.7. The normalized spacial score (nSPS) is 17.9. The maximum absolute atomic E-state index is 12.7. The molecule has 0 bridgehead atoms. The molecule has 3 aromatic rings. The standard InChI is InChI=1S/C26H23ClN2O5S/c1-16-21(26(27)29(28-16)20-10-11-35(32,33)15-20)8-9-25(31)34-14-24(30)19-7-6-18-12-17-4-2-3-5-22(17)23(18)13-19/h2-9,13,20H,10-12,14-15H2,1H3. The maximum Gasteiger partial charge on any atom is 0.331 e. The van der Waals surface area contributed by atoms with Crippen molar-refractivity contribution in [2.75, 3.05) is 18.1 Å². The van der Waals surface area contributed by atoms with Crippen molar-refractivity contribution in [3.63, 3.8) is 0 Å². The van der Waals surface area contributed by atoms with Gasteiger partial charge in [-0.05, 0) is 54.2 Å². The number of carbonyl (C=O) groups is 2. The van der Waals surface area contributed by atoms with Crippen LogP contribution in [-0.2, 0) is 25.8 Å². The number of ketones is 1. The second-order valence-corrected chi connectivity index (χ2v) is 11.4. The van der Waals surface area contributed by atoms with Crippen LogP contribution in [0.1, 0.15) is 45.2 Å². The van der Waals surface area contributed by atoms with Gasteiger partial charge in [-0.3, -0.25) is 4.79 Å². The summed E-state index contributed by atoms with van der Waals surface area (Å²) in [6.45, 7) is 1.35. The smallest absolute Gasteiger partial charge is 0.331 e. The largest absolute Gasteiger partial charge is 0.454 e. The van der Waals surface area contributed by atoms with E-state index in [0.29, 0.717) is 23.2 Å². The van der Waals surface area contributed by atoms with Crippen LogP contribution in [0.2, 0.25) is 5.15 Å². The summed E-state index contributed by atoms with van der Waals surface area (Å²) >= 11 is 6.42. The van der Waals surface area contributed by atoms with Crippen molar-refractivity contribution in [1.82, 2.24) is 9.78 Å². The van der Waals surface area contributed by atoms with Gasteiger partial charge in [-0.15, -0.1) is 0 Å². The van der Waals surface area contributed by atoms with Gasteiger partial charge < -0.3 is 4.74 Å². The van der Waals surface area contributed by atoms with Crippen molar-refractivity contribution in [1.29, 1.82) is 0 Å². The van der Waals surface area contributed by atoms with Crippen LogP contribution in [0.25, 0.3) is 17.2 Å². The number of sulfone groups is 1. The number of esters is 1. The summed E-state index contributed by atoms with van der Waals surface area (Å²) in [5.74, 6) is -0.871. The van der Waals surface area contributed by atoms with Crippen LogP contribution in [0.4, 0.5) is 0 Å². The van der Waals surface area contributed by atoms with Gasteiger partial charge in [0.05, 0.1) is 23.2 Å². The molecular formula is C26H23ClN2O5S. The zero-order valence-corrected chi connectivity index (χ0v) is 20.6. The van der Waals surface area contributed by atoms with Gasteiger partial charge in [0.15, 0.2) is 22.2 Å². The highest BCUT2D eigenvalue weighted by atomic mass is 35.5. The third-order valence-corrected chi connectivity index (χ3v) is 8.60. The van der Waals surface area contributed by atoms with Gasteiger partial charge >= 0.3 is 5.97 Å². The third-order valence-electron chi connectivity index (χ3n) is 6.48. The summed E-state index contributed by atoms with van der Waals surface area (Å²) in [5.41, 5.74) is 6.13. The molecular weight excluding hydrogens is 488 g/mol. The zero-order chi connectivity index (χ0) is 24.7. The average molecular weight is 511 g/mol. The Morgan fingerprint density at radius 2 is 1.94 bits per heavy atom. The first-order chi connectivity index (χ1) is 16.7. The molecule has 1 aliphatic carbocycles. The number of benzene rings is 2. The highest BCUT2D eigenvalue weighted by Crippen LogP contribution is 2.37. The van der Waals surface area contributed by atoms with Crippen molar-refractivity contribution in [3.8, 4) is 11.1 Å². The molecule has 2 aliphatic rings. The molecule has 0 spiro atoms. The minimum atomic E-state index is -3.09. The Hall–Kier alpha value is -3.23. The molecule has 9 heteroatoms. The van der Waals surface area contributed by atoms with E-state index in [2.05, 4.69) is 11.2 Å². The van der Waals surface area contributed by atoms with E-state index < -0.39 is 15.8 Å². The summed E-state index contributed by atoms with van der Waals surface area (Å²) in [7, 11) is -3.09.